The number of oxazole rings is 1. The molecule has 2 heterocycles. The molecule has 0 radical (unpaired) electrons. The maximum atomic E-state index is 11.8. The highest BCUT2D eigenvalue weighted by molar-refractivity contribution is 7.89. The van der Waals surface area contributed by atoms with Crippen LogP contribution in [0.4, 0.5) is 0 Å². The van der Waals surface area contributed by atoms with E-state index in [0.717, 1.165) is 6.26 Å². The molecule has 1 N–H and O–H groups in total. The van der Waals surface area contributed by atoms with Gasteiger partial charge in [-0.15, -0.1) is 0 Å². The lowest BCUT2D eigenvalue weighted by Gasteiger charge is -2.03. The van der Waals surface area contributed by atoms with Crippen LogP contribution in [0.15, 0.2) is 26.5 Å². The van der Waals surface area contributed by atoms with Crippen LogP contribution in [0, 0.1) is 13.8 Å². The van der Waals surface area contributed by atoms with Crippen molar-refractivity contribution in [2.75, 3.05) is 0 Å². The van der Waals surface area contributed by atoms with Gasteiger partial charge in [0.25, 0.3) is 0 Å². The molecule has 0 spiro atoms. The zero-order chi connectivity index (χ0) is 12.5. The number of hydrogen-bond donors (Lipinski definition) is 1. The molecular weight excluding hydrogens is 246 g/mol. The zero-order valence-corrected chi connectivity index (χ0v) is 10.1. The lowest BCUT2D eigenvalue weighted by Crippen LogP contribution is -2.23. The van der Waals surface area contributed by atoms with Crippen LogP contribution in [0.25, 0.3) is 0 Å². The Hall–Kier alpha value is -1.67. The van der Waals surface area contributed by atoms with Crippen LogP contribution >= 0.6 is 0 Å². The Morgan fingerprint density at radius 3 is 2.65 bits per heavy atom. The summed E-state index contributed by atoms with van der Waals surface area (Å²) in [6.45, 7) is 3.33. The molecule has 0 saturated carbocycles. The van der Waals surface area contributed by atoms with Gasteiger partial charge in [0.1, 0.15) is 22.6 Å². The van der Waals surface area contributed by atoms with E-state index in [1.54, 1.807) is 13.8 Å². The monoisotopic (exact) mass is 257 g/mol. The van der Waals surface area contributed by atoms with E-state index in [1.165, 1.54) is 6.39 Å². The maximum Gasteiger partial charge on any atom is 0.246 e. The molecule has 17 heavy (non-hydrogen) atoms. The van der Waals surface area contributed by atoms with E-state index in [0.29, 0.717) is 17.1 Å². The first-order chi connectivity index (χ1) is 8.00. The van der Waals surface area contributed by atoms with Gasteiger partial charge in [0, 0.05) is 0 Å². The smallest absolute Gasteiger partial charge is 0.246 e. The number of hydrogen-bond acceptors (Lipinski definition) is 6. The molecule has 92 valence electrons. The number of rotatable bonds is 4. The molecule has 0 aliphatic rings. The zero-order valence-electron chi connectivity index (χ0n) is 9.30. The van der Waals surface area contributed by atoms with Crippen molar-refractivity contribution >= 4 is 10.0 Å². The summed E-state index contributed by atoms with van der Waals surface area (Å²) >= 11 is 0. The van der Waals surface area contributed by atoms with E-state index >= 15 is 0 Å². The Morgan fingerprint density at radius 2 is 2.12 bits per heavy atom. The van der Waals surface area contributed by atoms with Crippen LogP contribution in [0.2, 0.25) is 0 Å². The van der Waals surface area contributed by atoms with Crippen molar-refractivity contribution < 1.29 is 17.4 Å². The molecule has 0 bridgehead atoms. The van der Waals surface area contributed by atoms with Gasteiger partial charge in [0.2, 0.25) is 10.0 Å². The predicted octanol–water partition coefficient (Wildman–Crippen LogP) is 0.758. The Labute approximate surface area is 97.9 Å². The highest BCUT2D eigenvalue weighted by atomic mass is 32.2. The van der Waals surface area contributed by atoms with E-state index in [9.17, 15) is 8.42 Å². The molecule has 0 aromatic carbocycles. The maximum absolute atomic E-state index is 11.8. The van der Waals surface area contributed by atoms with Crippen LogP contribution < -0.4 is 4.72 Å². The number of nitrogens with one attached hydrogen (secondary N) is 1. The average molecular weight is 257 g/mol. The van der Waals surface area contributed by atoms with Gasteiger partial charge in [-0.25, -0.2) is 18.1 Å². The normalized spacial score (nSPS) is 11.9. The third-order valence-electron chi connectivity index (χ3n) is 2.26. The quantitative estimate of drug-likeness (QED) is 0.868. The third-order valence-corrected chi connectivity index (χ3v) is 3.76. The molecule has 2 aromatic rings. The molecular formula is C9H11N3O4S. The summed E-state index contributed by atoms with van der Waals surface area (Å²) in [7, 11) is -3.63. The largest absolute Gasteiger partial charge is 0.447 e. The summed E-state index contributed by atoms with van der Waals surface area (Å²) in [5, 5.41) is 3.52. The SMILES string of the molecule is Cc1nocc1S(=O)(=O)NCc1ocnc1C. The fourth-order valence-corrected chi connectivity index (χ4v) is 2.35. The van der Waals surface area contributed by atoms with Crippen molar-refractivity contribution in [2.45, 2.75) is 25.3 Å². The average Bonchev–Trinajstić information content (AvgIpc) is 2.85. The molecule has 0 aliphatic heterocycles. The Morgan fingerprint density at radius 1 is 1.35 bits per heavy atom. The van der Waals surface area contributed by atoms with Crippen molar-refractivity contribution in [2.24, 2.45) is 0 Å². The minimum atomic E-state index is -3.63. The molecule has 0 aliphatic carbocycles. The van der Waals surface area contributed by atoms with E-state index in [1.807, 2.05) is 0 Å². The molecule has 0 amide bonds. The van der Waals surface area contributed by atoms with Crippen LogP contribution in [-0.2, 0) is 16.6 Å². The Kier molecular flexibility index (Phi) is 2.99. The summed E-state index contributed by atoms with van der Waals surface area (Å²) in [6, 6.07) is 0. The van der Waals surface area contributed by atoms with Gasteiger partial charge in [0.15, 0.2) is 6.39 Å². The lowest BCUT2D eigenvalue weighted by atomic mass is 10.4. The lowest BCUT2D eigenvalue weighted by molar-refractivity contribution is 0.413. The molecule has 8 heteroatoms. The van der Waals surface area contributed by atoms with Crippen LogP contribution in [0.5, 0.6) is 0 Å². The second-order valence-electron chi connectivity index (χ2n) is 3.45. The minimum absolute atomic E-state index is 0.0228. The standard InChI is InChI=1S/C9H11N3O4S/c1-6-8(15-5-10-6)3-11-17(13,14)9-4-16-12-7(9)2/h4-5,11H,3H2,1-2H3. The van der Waals surface area contributed by atoms with Gasteiger partial charge in [0.05, 0.1) is 12.2 Å². The summed E-state index contributed by atoms with van der Waals surface area (Å²) in [5.41, 5.74) is 0.960. The van der Waals surface area contributed by atoms with Crippen LogP contribution in [-0.4, -0.2) is 18.6 Å². The Bertz CT molecular complexity index is 614. The highest BCUT2D eigenvalue weighted by Crippen LogP contribution is 2.13. The molecule has 0 atom stereocenters. The molecule has 0 fully saturated rings. The molecule has 2 aromatic heterocycles. The van der Waals surface area contributed by atoms with E-state index in [4.69, 9.17) is 4.42 Å². The second kappa shape index (κ2) is 4.30. The van der Waals surface area contributed by atoms with E-state index in [2.05, 4.69) is 19.4 Å². The number of sulfonamides is 1. The number of aromatic nitrogens is 2. The first kappa shape index (κ1) is 11.8. The van der Waals surface area contributed by atoms with Crippen LogP contribution in [0.1, 0.15) is 17.1 Å². The number of nitrogens with zero attached hydrogens (tertiary/aromatic N) is 2. The fraction of sp³-hybridized carbons (Fsp3) is 0.333. The molecule has 0 unspecified atom stereocenters. The van der Waals surface area contributed by atoms with Gasteiger partial charge in [-0.05, 0) is 13.8 Å². The first-order valence-corrected chi connectivity index (χ1v) is 6.28. The molecule has 0 saturated heterocycles. The summed E-state index contributed by atoms with van der Waals surface area (Å²) in [5.74, 6) is 0.475. The first-order valence-electron chi connectivity index (χ1n) is 4.80. The van der Waals surface area contributed by atoms with Gasteiger partial charge in [-0.1, -0.05) is 5.16 Å². The summed E-state index contributed by atoms with van der Waals surface area (Å²) in [6.07, 6.45) is 2.36. The van der Waals surface area contributed by atoms with Gasteiger partial charge in [-0.3, -0.25) is 0 Å². The second-order valence-corrected chi connectivity index (χ2v) is 5.19. The third kappa shape index (κ3) is 2.37. The van der Waals surface area contributed by atoms with Crippen molar-refractivity contribution in [3.63, 3.8) is 0 Å². The van der Waals surface area contributed by atoms with Gasteiger partial charge >= 0.3 is 0 Å². The van der Waals surface area contributed by atoms with E-state index < -0.39 is 10.0 Å². The van der Waals surface area contributed by atoms with Gasteiger partial charge < -0.3 is 8.94 Å². The summed E-state index contributed by atoms with van der Waals surface area (Å²) < 4.78 is 35.7. The van der Waals surface area contributed by atoms with Crippen molar-refractivity contribution in [1.29, 1.82) is 0 Å². The topological polar surface area (TPSA) is 98.2 Å². The van der Waals surface area contributed by atoms with E-state index in [-0.39, 0.29) is 11.4 Å². The summed E-state index contributed by atoms with van der Waals surface area (Å²) in [4.78, 5) is 3.89. The molecule has 7 nitrogen and oxygen atoms in total. The molecule has 2 rings (SSSR count). The highest BCUT2D eigenvalue weighted by Gasteiger charge is 2.20. The number of aryl methyl sites for hydroxylation is 2. The van der Waals surface area contributed by atoms with Crippen molar-refractivity contribution in [1.82, 2.24) is 14.9 Å². The van der Waals surface area contributed by atoms with Crippen molar-refractivity contribution in [3.8, 4) is 0 Å². The van der Waals surface area contributed by atoms with Gasteiger partial charge in [-0.2, -0.15) is 0 Å². The van der Waals surface area contributed by atoms with Crippen molar-refractivity contribution in [3.05, 3.63) is 29.8 Å². The van der Waals surface area contributed by atoms with Crippen LogP contribution in [0.3, 0.4) is 0 Å². The fourth-order valence-electron chi connectivity index (χ4n) is 1.28. The Balaban J connectivity index is 2.15. The minimum Gasteiger partial charge on any atom is -0.447 e. The predicted molar refractivity (Wildman–Crippen MR) is 56.5 cm³/mol.